The van der Waals surface area contributed by atoms with Crippen LogP contribution in [0, 0.1) is 34.0 Å². The number of nitrogens with two attached hydrogens (primary N) is 1. The number of rotatable bonds is 6. The van der Waals surface area contributed by atoms with Crippen LogP contribution in [0.15, 0.2) is 40.6 Å². The number of carboxylic acid groups (broad SMARTS) is 1. The van der Waals surface area contributed by atoms with Crippen molar-refractivity contribution in [1.29, 1.82) is 0 Å². The summed E-state index contributed by atoms with van der Waals surface area (Å²) in [4.78, 5) is 19.5. The summed E-state index contributed by atoms with van der Waals surface area (Å²) in [5, 5.41) is 36.6. The van der Waals surface area contributed by atoms with Gasteiger partial charge in [0.1, 0.15) is 5.60 Å². The predicted molar refractivity (Wildman–Crippen MR) is 143 cm³/mol. The Bertz CT molecular complexity index is 1130. The summed E-state index contributed by atoms with van der Waals surface area (Å²) in [6.45, 7) is 1.75. The van der Waals surface area contributed by atoms with Crippen LogP contribution in [0.3, 0.4) is 0 Å². The molecule has 0 aromatic heterocycles. The number of nitrogens with one attached hydrogen (secondary N) is 1. The number of methoxy groups -OCH3 is 1. The Hall–Kier alpha value is -2.20. The fourth-order valence-corrected chi connectivity index (χ4v) is 10.4. The Kier molecular flexibility index (Phi) is 6.11. The highest BCUT2D eigenvalue weighted by atomic mass is 16.5. The average molecular weight is 527 g/mol. The molecule has 8 atom stereocenters. The Balaban J connectivity index is 1.69. The highest BCUT2D eigenvalue weighted by molar-refractivity contribution is 5.93. The second-order valence-electron chi connectivity index (χ2n) is 12.3. The standard InChI is InChI=1S/C29H42N4O5/c1-31-25(30)33-13-11-26(16-32-12-14-34)10-9-21-28-18-5-3-4-6-22(38-2)29(21,37)23(24(35)36)20(28)15-19(8-7-18)27(26,28)17-33/h9-11,13,18-19,21-22,32,34,37H,3-8,12,14-17H2,1-2H3,(H2,30,31)(H,35,36). The van der Waals surface area contributed by atoms with Crippen LogP contribution in [-0.4, -0.2) is 84.3 Å². The highest BCUT2D eigenvalue weighted by Crippen LogP contribution is 2.83. The van der Waals surface area contributed by atoms with E-state index in [0.717, 1.165) is 37.7 Å². The second-order valence-corrected chi connectivity index (χ2v) is 12.3. The fourth-order valence-electron chi connectivity index (χ4n) is 10.4. The molecule has 3 fully saturated rings. The van der Waals surface area contributed by atoms with Gasteiger partial charge in [-0.1, -0.05) is 31.1 Å². The summed E-state index contributed by atoms with van der Waals surface area (Å²) >= 11 is 0. The maximum Gasteiger partial charge on any atom is 0.334 e. The van der Waals surface area contributed by atoms with Gasteiger partial charge in [0.2, 0.25) is 0 Å². The first-order valence-corrected chi connectivity index (χ1v) is 14.2. The van der Waals surface area contributed by atoms with Crippen LogP contribution >= 0.6 is 0 Å². The molecule has 6 aliphatic rings. The third-order valence-corrected chi connectivity index (χ3v) is 11.4. The van der Waals surface area contributed by atoms with Crippen LogP contribution in [0.25, 0.3) is 0 Å². The minimum atomic E-state index is -1.61. The minimum Gasteiger partial charge on any atom is -0.478 e. The molecule has 9 heteroatoms. The van der Waals surface area contributed by atoms with Crippen LogP contribution in [0.4, 0.5) is 0 Å². The Labute approximate surface area is 224 Å². The lowest BCUT2D eigenvalue weighted by molar-refractivity contribution is -0.188. The number of nitrogens with zero attached hydrogens (tertiary/aromatic N) is 2. The average Bonchev–Trinajstić information content (AvgIpc) is 3.26. The fraction of sp³-hybridized carbons (Fsp3) is 0.724. The zero-order valence-electron chi connectivity index (χ0n) is 22.5. The SMILES string of the molecule is CN=C(N)N1C=CC2(CNCCO)C=CC3C4(O)C(C(=O)O)=C5CC6CCC(CCCCC4OC)C53C62C1. The zero-order chi connectivity index (χ0) is 26.9. The topological polar surface area (TPSA) is 141 Å². The van der Waals surface area contributed by atoms with Gasteiger partial charge in [0, 0.05) is 62.2 Å². The molecule has 1 aliphatic heterocycles. The molecule has 3 saturated carbocycles. The van der Waals surface area contributed by atoms with Gasteiger partial charge in [-0.25, -0.2) is 4.79 Å². The number of aliphatic hydroxyl groups excluding tert-OH is 1. The van der Waals surface area contributed by atoms with Crippen LogP contribution < -0.4 is 11.1 Å². The molecule has 2 spiro atoms. The number of hydrogen-bond donors (Lipinski definition) is 5. The smallest absolute Gasteiger partial charge is 0.334 e. The molecule has 208 valence electrons. The number of carbonyl (C=O) groups is 1. The number of aliphatic hydroxyl groups is 2. The third-order valence-electron chi connectivity index (χ3n) is 11.4. The lowest BCUT2D eigenvalue weighted by atomic mass is 9.36. The summed E-state index contributed by atoms with van der Waals surface area (Å²) in [5.74, 6) is -0.502. The van der Waals surface area contributed by atoms with E-state index < -0.39 is 39.8 Å². The molecule has 0 aromatic carbocycles. The molecule has 0 saturated heterocycles. The van der Waals surface area contributed by atoms with Gasteiger partial charge in [0.05, 0.1) is 18.3 Å². The number of allylic oxidation sites excluding steroid dienone is 1. The molecular formula is C29H42N4O5. The lowest BCUT2D eigenvalue weighted by Crippen LogP contribution is -2.71. The maximum absolute atomic E-state index is 13.1. The number of guanidine groups is 1. The van der Waals surface area contributed by atoms with Crippen molar-refractivity contribution in [3.63, 3.8) is 0 Å². The van der Waals surface area contributed by atoms with Gasteiger partial charge in [0.15, 0.2) is 5.96 Å². The van der Waals surface area contributed by atoms with Gasteiger partial charge in [0.25, 0.3) is 0 Å². The van der Waals surface area contributed by atoms with Crippen LogP contribution in [-0.2, 0) is 9.53 Å². The normalized spacial score (nSPS) is 45.1. The summed E-state index contributed by atoms with van der Waals surface area (Å²) in [6.07, 6.45) is 14.3. The Morgan fingerprint density at radius 1 is 1.24 bits per heavy atom. The number of ether oxygens (including phenoxy) is 1. The van der Waals surface area contributed by atoms with E-state index in [1.165, 1.54) is 0 Å². The van der Waals surface area contributed by atoms with Crippen molar-refractivity contribution in [2.45, 2.75) is 56.7 Å². The van der Waals surface area contributed by atoms with E-state index >= 15 is 0 Å². The summed E-state index contributed by atoms with van der Waals surface area (Å²) in [6, 6.07) is 0. The maximum atomic E-state index is 13.1. The predicted octanol–water partition coefficient (Wildman–Crippen LogP) is 1.63. The van der Waals surface area contributed by atoms with E-state index in [1.54, 1.807) is 14.2 Å². The van der Waals surface area contributed by atoms with Crippen molar-refractivity contribution in [3.05, 3.63) is 35.6 Å². The molecule has 6 rings (SSSR count). The molecule has 3 bridgehead atoms. The van der Waals surface area contributed by atoms with E-state index in [9.17, 15) is 20.1 Å². The molecule has 8 unspecified atom stereocenters. The molecule has 1 heterocycles. The first kappa shape index (κ1) is 26.0. The van der Waals surface area contributed by atoms with Crippen LogP contribution in [0.2, 0.25) is 0 Å². The molecular weight excluding hydrogens is 484 g/mol. The number of aliphatic carboxylic acids is 1. The van der Waals surface area contributed by atoms with Crippen molar-refractivity contribution in [3.8, 4) is 0 Å². The molecule has 38 heavy (non-hydrogen) atoms. The molecule has 5 aliphatic carbocycles. The second kappa shape index (κ2) is 8.91. The van der Waals surface area contributed by atoms with Gasteiger partial charge in [-0.15, -0.1) is 0 Å². The van der Waals surface area contributed by atoms with E-state index in [2.05, 4.69) is 28.5 Å². The van der Waals surface area contributed by atoms with E-state index in [0.29, 0.717) is 38.4 Å². The van der Waals surface area contributed by atoms with Gasteiger partial charge in [-0.05, 0) is 49.5 Å². The quantitative estimate of drug-likeness (QED) is 0.152. The molecule has 0 radical (unpaired) electrons. The molecule has 0 amide bonds. The Morgan fingerprint density at radius 3 is 2.71 bits per heavy atom. The number of hydrogen-bond acceptors (Lipinski definition) is 6. The number of carboxylic acids is 1. The van der Waals surface area contributed by atoms with E-state index in [-0.39, 0.29) is 24.0 Å². The molecule has 9 nitrogen and oxygen atoms in total. The van der Waals surface area contributed by atoms with Crippen molar-refractivity contribution in [1.82, 2.24) is 10.2 Å². The number of aliphatic imine (C=N–C) groups is 1. The van der Waals surface area contributed by atoms with E-state index in [1.807, 2.05) is 11.1 Å². The van der Waals surface area contributed by atoms with Gasteiger partial charge in [-0.3, -0.25) is 4.99 Å². The van der Waals surface area contributed by atoms with Crippen molar-refractivity contribution < 1.29 is 24.9 Å². The first-order valence-electron chi connectivity index (χ1n) is 14.2. The highest BCUT2D eigenvalue weighted by Gasteiger charge is 2.83. The molecule has 0 aromatic rings. The minimum absolute atomic E-state index is 0.0431. The summed E-state index contributed by atoms with van der Waals surface area (Å²) in [7, 11) is 3.30. The van der Waals surface area contributed by atoms with Crippen LogP contribution in [0.1, 0.15) is 44.9 Å². The van der Waals surface area contributed by atoms with Crippen LogP contribution in [0.5, 0.6) is 0 Å². The third kappa shape index (κ3) is 2.86. The van der Waals surface area contributed by atoms with Crippen molar-refractivity contribution in [2.24, 2.45) is 44.7 Å². The lowest BCUT2D eigenvalue weighted by Gasteiger charge is -2.69. The van der Waals surface area contributed by atoms with Crippen molar-refractivity contribution in [2.75, 3.05) is 40.4 Å². The summed E-state index contributed by atoms with van der Waals surface area (Å²) in [5.41, 5.74) is 4.59. The Morgan fingerprint density at radius 2 is 2.00 bits per heavy atom. The van der Waals surface area contributed by atoms with Crippen molar-refractivity contribution >= 4 is 11.9 Å². The first-order chi connectivity index (χ1) is 18.3. The van der Waals surface area contributed by atoms with Gasteiger partial charge < -0.3 is 36.0 Å². The zero-order valence-corrected chi connectivity index (χ0v) is 22.5. The monoisotopic (exact) mass is 526 g/mol. The van der Waals surface area contributed by atoms with Gasteiger partial charge >= 0.3 is 5.97 Å². The van der Waals surface area contributed by atoms with Gasteiger partial charge in [-0.2, -0.15) is 0 Å². The summed E-state index contributed by atoms with van der Waals surface area (Å²) < 4.78 is 5.96. The van der Waals surface area contributed by atoms with E-state index in [4.69, 9.17) is 10.5 Å². The molecule has 6 N–H and O–H groups in total. The largest absolute Gasteiger partial charge is 0.478 e.